The van der Waals surface area contributed by atoms with Crippen molar-refractivity contribution in [2.24, 2.45) is 5.73 Å². The van der Waals surface area contributed by atoms with E-state index in [4.69, 9.17) is 5.73 Å². The van der Waals surface area contributed by atoms with Crippen LogP contribution in [-0.4, -0.2) is 11.7 Å². The SMILES string of the molecule is NCCc1cc(I)cc(I)c1O. The maximum absolute atomic E-state index is 9.59. The van der Waals surface area contributed by atoms with E-state index in [-0.39, 0.29) is 0 Å². The minimum atomic E-state index is 0.376. The van der Waals surface area contributed by atoms with Crippen LogP contribution < -0.4 is 5.73 Å². The topological polar surface area (TPSA) is 46.2 Å². The van der Waals surface area contributed by atoms with Crippen LogP contribution in [0.4, 0.5) is 0 Å². The highest BCUT2D eigenvalue weighted by atomic mass is 127. The van der Waals surface area contributed by atoms with E-state index in [9.17, 15) is 5.11 Å². The van der Waals surface area contributed by atoms with E-state index in [1.165, 1.54) is 0 Å². The van der Waals surface area contributed by atoms with Crippen LogP contribution in [-0.2, 0) is 6.42 Å². The van der Waals surface area contributed by atoms with Crippen LogP contribution in [0.5, 0.6) is 5.75 Å². The lowest BCUT2D eigenvalue weighted by molar-refractivity contribution is 0.464. The fourth-order valence-corrected chi connectivity index (χ4v) is 2.93. The summed E-state index contributed by atoms with van der Waals surface area (Å²) in [5, 5.41) is 9.59. The summed E-state index contributed by atoms with van der Waals surface area (Å²) in [6, 6.07) is 3.90. The number of halogens is 2. The molecule has 1 aromatic rings. The van der Waals surface area contributed by atoms with E-state index in [0.29, 0.717) is 12.3 Å². The normalized spacial score (nSPS) is 10.2. The van der Waals surface area contributed by atoms with Gasteiger partial charge in [-0.2, -0.15) is 0 Å². The van der Waals surface area contributed by atoms with Crippen molar-refractivity contribution < 1.29 is 5.11 Å². The number of phenolic OH excluding ortho intramolecular Hbond substituents is 1. The highest BCUT2D eigenvalue weighted by molar-refractivity contribution is 14.1. The second-order valence-corrected chi connectivity index (χ2v) is 4.84. The van der Waals surface area contributed by atoms with Gasteiger partial charge in [-0.25, -0.2) is 0 Å². The largest absolute Gasteiger partial charge is 0.507 e. The first-order valence-electron chi connectivity index (χ1n) is 3.52. The van der Waals surface area contributed by atoms with Gasteiger partial charge in [0.25, 0.3) is 0 Å². The predicted molar refractivity (Wildman–Crippen MR) is 66.3 cm³/mol. The average Bonchev–Trinajstić information content (AvgIpc) is 2.00. The number of phenols is 1. The molecule has 0 radical (unpaired) electrons. The van der Waals surface area contributed by atoms with Crippen molar-refractivity contribution in [1.82, 2.24) is 0 Å². The molecule has 0 unspecified atom stereocenters. The Morgan fingerprint density at radius 2 is 2.00 bits per heavy atom. The molecular formula is C8H9I2NO. The molecule has 4 heteroatoms. The van der Waals surface area contributed by atoms with E-state index in [1.54, 1.807) is 0 Å². The summed E-state index contributed by atoms with van der Waals surface area (Å²) in [5.41, 5.74) is 6.35. The summed E-state index contributed by atoms with van der Waals surface area (Å²) in [6.07, 6.45) is 0.735. The fourth-order valence-electron chi connectivity index (χ4n) is 0.965. The molecule has 0 aliphatic carbocycles. The van der Waals surface area contributed by atoms with E-state index < -0.39 is 0 Å². The van der Waals surface area contributed by atoms with Gasteiger partial charge in [-0.1, -0.05) is 0 Å². The number of hydrogen-bond acceptors (Lipinski definition) is 2. The summed E-state index contributed by atoms with van der Waals surface area (Å²) < 4.78 is 2.03. The van der Waals surface area contributed by atoms with E-state index in [1.807, 2.05) is 12.1 Å². The Morgan fingerprint density at radius 1 is 1.33 bits per heavy atom. The number of hydrogen-bond donors (Lipinski definition) is 2. The number of aromatic hydroxyl groups is 1. The molecule has 12 heavy (non-hydrogen) atoms. The first kappa shape index (κ1) is 10.5. The number of rotatable bonds is 2. The third-order valence-electron chi connectivity index (χ3n) is 1.52. The Hall–Kier alpha value is 0.440. The Labute approximate surface area is 98.8 Å². The van der Waals surface area contributed by atoms with Crippen LogP contribution in [0.2, 0.25) is 0 Å². The van der Waals surface area contributed by atoms with E-state index in [0.717, 1.165) is 19.1 Å². The van der Waals surface area contributed by atoms with Crippen LogP contribution in [0.3, 0.4) is 0 Å². The van der Waals surface area contributed by atoms with Crippen LogP contribution in [0, 0.1) is 7.14 Å². The Bertz CT molecular complexity index is 289. The molecule has 0 saturated carbocycles. The fraction of sp³-hybridized carbons (Fsp3) is 0.250. The lowest BCUT2D eigenvalue weighted by Gasteiger charge is -2.05. The van der Waals surface area contributed by atoms with Gasteiger partial charge in [0, 0.05) is 3.57 Å². The van der Waals surface area contributed by atoms with Crippen molar-refractivity contribution in [2.75, 3.05) is 6.54 Å². The van der Waals surface area contributed by atoms with Gasteiger partial charge in [0.05, 0.1) is 3.57 Å². The van der Waals surface area contributed by atoms with Crippen LogP contribution >= 0.6 is 45.2 Å². The van der Waals surface area contributed by atoms with Gasteiger partial charge in [-0.15, -0.1) is 0 Å². The van der Waals surface area contributed by atoms with Crippen molar-refractivity contribution >= 4 is 45.2 Å². The van der Waals surface area contributed by atoms with Crippen LogP contribution in [0.25, 0.3) is 0 Å². The van der Waals surface area contributed by atoms with Gasteiger partial charge < -0.3 is 10.8 Å². The quantitative estimate of drug-likeness (QED) is 0.762. The molecule has 66 valence electrons. The standard InChI is InChI=1S/C8H9I2NO/c9-6-3-5(1-2-11)8(12)7(10)4-6/h3-4,12H,1-2,11H2. The summed E-state index contributed by atoms with van der Waals surface area (Å²) in [4.78, 5) is 0. The molecule has 1 aromatic carbocycles. The first-order chi connectivity index (χ1) is 5.65. The van der Waals surface area contributed by atoms with Crippen LogP contribution in [0.1, 0.15) is 5.56 Å². The predicted octanol–water partition coefficient (Wildman–Crippen LogP) is 2.10. The molecule has 1 rings (SSSR count). The number of nitrogens with two attached hydrogens (primary N) is 1. The second kappa shape index (κ2) is 4.61. The molecule has 0 aromatic heterocycles. The molecule has 0 fully saturated rings. The molecule has 0 bridgehead atoms. The lowest BCUT2D eigenvalue weighted by atomic mass is 10.1. The second-order valence-electron chi connectivity index (χ2n) is 2.43. The summed E-state index contributed by atoms with van der Waals surface area (Å²) in [5.74, 6) is 0.376. The van der Waals surface area contributed by atoms with Gasteiger partial charge >= 0.3 is 0 Å². The molecule has 0 atom stereocenters. The molecule has 0 aliphatic heterocycles. The van der Waals surface area contributed by atoms with Crippen LogP contribution in [0.15, 0.2) is 12.1 Å². The highest BCUT2D eigenvalue weighted by Crippen LogP contribution is 2.26. The smallest absolute Gasteiger partial charge is 0.132 e. The van der Waals surface area contributed by atoms with Gasteiger partial charge in [-0.3, -0.25) is 0 Å². The van der Waals surface area contributed by atoms with Gasteiger partial charge in [0.2, 0.25) is 0 Å². The summed E-state index contributed by atoms with van der Waals surface area (Å²) in [6.45, 7) is 0.573. The molecule has 3 N–H and O–H groups in total. The van der Waals surface area contributed by atoms with E-state index in [2.05, 4.69) is 45.2 Å². The zero-order valence-corrected chi connectivity index (χ0v) is 10.7. The molecule has 0 aliphatic rings. The van der Waals surface area contributed by atoms with Crippen molar-refractivity contribution in [2.45, 2.75) is 6.42 Å². The monoisotopic (exact) mass is 389 g/mol. The maximum atomic E-state index is 9.59. The van der Waals surface area contributed by atoms with Crippen molar-refractivity contribution in [3.63, 3.8) is 0 Å². The van der Waals surface area contributed by atoms with Crippen molar-refractivity contribution in [1.29, 1.82) is 0 Å². The molecule has 0 heterocycles. The molecule has 0 amide bonds. The third-order valence-corrected chi connectivity index (χ3v) is 2.97. The van der Waals surface area contributed by atoms with Gasteiger partial charge in [0.1, 0.15) is 5.75 Å². The molecular weight excluding hydrogens is 380 g/mol. The number of benzene rings is 1. The molecule has 0 spiro atoms. The highest BCUT2D eigenvalue weighted by Gasteiger charge is 2.05. The Morgan fingerprint density at radius 3 is 2.58 bits per heavy atom. The van der Waals surface area contributed by atoms with E-state index >= 15 is 0 Å². The minimum absolute atomic E-state index is 0.376. The first-order valence-corrected chi connectivity index (χ1v) is 5.68. The summed E-state index contributed by atoms with van der Waals surface area (Å²) in [7, 11) is 0. The van der Waals surface area contributed by atoms with Crippen molar-refractivity contribution in [3.05, 3.63) is 24.8 Å². The molecule has 2 nitrogen and oxygen atoms in total. The zero-order valence-electron chi connectivity index (χ0n) is 6.35. The maximum Gasteiger partial charge on any atom is 0.132 e. The Balaban J connectivity index is 3.09. The lowest BCUT2D eigenvalue weighted by Crippen LogP contribution is -2.03. The molecule has 0 saturated heterocycles. The summed E-state index contributed by atoms with van der Waals surface area (Å²) >= 11 is 4.35. The average molecular weight is 389 g/mol. The third kappa shape index (κ3) is 2.46. The Kier molecular flexibility index (Phi) is 4.04. The van der Waals surface area contributed by atoms with Crippen molar-refractivity contribution in [3.8, 4) is 5.75 Å². The van der Waals surface area contributed by atoms with Gasteiger partial charge in [-0.05, 0) is 75.8 Å². The van der Waals surface area contributed by atoms with Gasteiger partial charge in [0.15, 0.2) is 0 Å². The minimum Gasteiger partial charge on any atom is -0.507 e. The zero-order chi connectivity index (χ0) is 9.14.